The van der Waals surface area contributed by atoms with Gasteiger partial charge in [-0.1, -0.05) is 34.1 Å². The molecule has 160 valence electrons. The molecule has 3 unspecified atom stereocenters. The van der Waals surface area contributed by atoms with Crippen molar-refractivity contribution in [1.29, 1.82) is 0 Å². The van der Waals surface area contributed by atoms with Gasteiger partial charge in [0, 0.05) is 44.0 Å². The molecule has 1 aromatic rings. The first-order valence-electron chi connectivity index (χ1n) is 10.5. The molecule has 2 heterocycles. The number of fused-ring (bicyclic) bond motifs is 1. The van der Waals surface area contributed by atoms with E-state index in [1.54, 1.807) is 0 Å². The zero-order valence-corrected chi connectivity index (χ0v) is 20.3. The van der Waals surface area contributed by atoms with E-state index >= 15 is 0 Å². The topological polar surface area (TPSA) is 76.4 Å². The van der Waals surface area contributed by atoms with Crippen molar-refractivity contribution in [1.82, 2.24) is 25.4 Å². The number of rotatable bonds is 7. The van der Waals surface area contributed by atoms with E-state index in [1.165, 1.54) is 6.42 Å². The molecule has 1 fully saturated rings. The van der Waals surface area contributed by atoms with Gasteiger partial charge in [0.2, 0.25) is 0 Å². The van der Waals surface area contributed by atoms with Crippen LogP contribution in [0.25, 0.3) is 0 Å². The molecule has 1 aliphatic heterocycles. The minimum atomic E-state index is 0. The zero-order valence-electron chi connectivity index (χ0n) is 18.0. The number of aliphatic imine (C=N–C) groups is 1. The van der Waals surface area contributed by atoms with Crippen LogP contribution in [-0.2, 0) is 24.1 Å². The Bertz CT molecular complexity index is 659. The van der Waals surface area contributed by atoms with Crippen LogP contribution in [-0.4, -0.2) is 52.6 Å². The van der Waals surface area contributed by atoms with Gasteiger partial charge in [0.05, 0.1) is 12.6 Å². The fourth-order valence-corrected chi connectivity index (χ4v) is 3.94. The Hall–Kier alpha value is -0.900. The second-order valence-corrected chi connectivity index (χ2v) is 8.40. The van der Waals surface area contributed by atoms with Crippen LogP contribution in [0.5, 0.6) is 0 Å². The van der Waals surface area contributed by atoms with Gasteiger partial charge in [0.1, 0.15) is 5.82 Å². The molecule has 2 N–H and O–H groups in total. The number of halogens is 1. The summed E-state index contributed by atoms with van der Waals surface area (Å²) in [6.45, 7) is 10.6. The maximum Gasteiger partial charge on any atom is 0.191 e. The average molecular weight is 504 g/mol. The third kappa shape index (κ3) is 5.17. The van der Waals surface area contributed by atoms with Gasteiger partial charge in [0.25, 0.3) is 0 Å². The Balaban J connectivity index is 0.00000280. The molecule has 1 aliphatic carbocycles. The Morgan fingerprint density at radius 3 is 2.75 bits per heavy atom. The van der Waals surface area contributed by atoms with E-state index < -0.39 is 0 Å². The molecular weight excluding hydrogens is 467 g/mol. The second kappa shape index (κ2) is 10.2. The first-order valence-corrected chi connectivity index (χ1v) is 10.5. The van der Waals surface area contributed by atoms with E-state index in [9.17, 15) is 0 Å². The van der Waals surface area contributed by atoms with Crippen LogP contribution in [0.15, 0.2) is 4.99 Å². The lowest BCUT2D eigenvalue weighted by atomic mass is 9.64. The van der Waals surface area contributed by atoms with E-state index in [1.807, 2.05) is 7.05 Å². The van der Waals surface area contributed by atoms with Crippen molar-refractivity contribution in [2.24, 2.45) is 10.4 Å². The summed E-state index contributed by atoms with van der Waals surface area (Å²) in [5.41, 5.74) is 0.118. The Morgan fingerprint density at radius 2 is 2.11 bits per heavy atom. The SMILES string of the molecule is CCCCOC1CC(NC(=NC)NC2CCc3nc(CC)nn3C2)C1(C)C.I. The minimum absolute atomic E-state index is 0. The van der Waals surface area contributed by atoms with Gasteiger partial charge in [-0.15, -0.1) is 24.0 Å². The highest BCUT2D eigenvalue weighted by Crippen LogP contribution is 2.42. The Morgan fingerprint density at radius 1 is 1.32 bits per heavy atom. The molecule has 8 heteroatoms. The summed E-state index contributed by atoms with van der Waals surface area (Å²) < 4.78 is 8.12. The second-order valence-electron chi connectivity index (χ2n) is 8.40. The van der Waals surface area contributed by atoms with Gasteiger partial charge in [-0.25, -0.2) is 9.67 Å². The lowest BCUT2D eigenvalue weighted by molar-refractivity contribution is -0.113. The van der Waals surface area contributed by atoms with Crippen molar-refractivity contribution in [2.45, 2.75) is 91.0 Å². The first kappa shape index (κ1) is 23.4. The van der Waals surface area contributed by atoms with Crippen molar-refractivity contribution >= 4 is 29.9 Å². The van der Waals surface area contributed by atoms with E-state index in [-0.39, 0.29) is 29.4 Å². The molecule has 3 rings (SSSR count). The number of nitrogens with one attached hydrogen (secondary N) is 2. The lowest BCUT2D eigenvalue weighted by Gasteiger charge is -2.52. The number of nitrogens with zero attached hydrogens (tertiary/aromatic N) is 4. The summed E-state index contributed by atoms with van der Waals surface area (Å²) in [5.74, 6) is 2.93. The van der Waals surface area contributed by atoms with Crippen LogP contribution >= 0.6 is 24.0 Å². The molecule has 28 heavy (non-hydrogen) atoms. The highest BCUT2D eigenvalue weighted by Gasteiger charge is 2.49. The zero-order chi connectivity index (χ0) is 19.4. The largest absolute Gasteiger partial charge is 0.378 e. The number of hydrogen-bond acceptors (Lipinski definition) is 4. The summed E-state index contributed by atoms with van der Waals surface area (Å²) in [6.07, 6.45) is 6.59. The summed E-state index contributed by atoms with van der Waals surface area (Å²) in [4.78, 5) is 9.05. The lowest BCUT2D eigenvalue weighted by Crippen LogP contribution is -2.64. The van der Waals surface area contributed by atoms with Gasteiger partial charge in [-0.2, -0.15) is 5.10 Å². The van der Waals surface area contributed by atoms with E-state index in [2.05, 4.69) is 58.1 Å². The summed E-state index contributed by atoms with van der Waals surface area (Å²) >= 11 is 0. The minimum Gasteiger partial charge on any atom is -0.378 e. The van der Waals surface area contributed by atoms with Crippen LogP contribution in [0.1, 0.15) is 65.0 Å². The van der Waals surface area contributed by atoms with E-state index in [4.69, 9.17) is 4.74 Å². The molecular formula is C20H37IN6O. The molecule has 0 saturated heterocycles. The van der Waals surface area contributed by atoms with Crippen LogP contribution in [0, 0.1) is 5.41 Å². The Kier molecular flexibility index (Phi) is 8.54. The summed E-state index contributed by atoms with van der Waals surface area (Å²) in [7, 11) is 1.84. The van der Waals surface area contributed by atoms with Crippen molar-refractivity contribution in [3.05, 3.63) is 11.6 Å². The molecule has 1 aromatic heterocycles. The molecule has 0 amide bonds. The number of aryl methyl sites for hydroxylation is 2. The van der Waals surface area contributed by atoms with Crippen LogP contribution < -0.4 is 10.6 Å². The standard InChI is InChI=1S/C20H36N6O.HI/c1-6-8-11-27-16-12-15(20(16,3)4)23-19(21-5)22-14-9-10-18-24-17(7-2)25-26(18)13-14;/h14-16H,6-13H2,1-5H3,(H2,21,22,23);1H. The first-order chi connectivity index (χ1) is 13.0. The number of guanidine groups is 1. The number of hydrogen-bond donors (Lipinski definition) is 2. The molecule has 7 nitrogen and oxygen atoms in total. The fourth-order valence-electron chi connectivity index (χ4n) is 3.94. The summed E-state index contributed by atoms with van der Waals surface area (Å²) in [6, 6.07) is 0.711. The smallest absolute Gasteiger partial charge is 0.191 e. The quantitative estimate of drug-likeness (QED) is 0.259. The van der Waals surface area contributed by atoms with Gasteiger partial charge < -0.3 is 15.4 Å². The molecule has 0 bridgehead atoms. The van der Waals surface area contributed by atoms with Crippen LogP contribution in [0.4, 0.5) is 0 Å². The normalized spacial score (nSPS) is 26.0. The average Bonchev–Trinajstić information content (AvgIpc) is 3.08. The molecule has 1 saturated carbocycles. The monoisotopic (exact) mass is 504 g/mol. The highest BCUT2D eigenvalue weighted by atomic mass is 127. The fraction of sp³-hybridized carbons (Fsp3) is 0.850. The molecule has 0 radical (unpaired) electrons. The molecule has 2 aliphatic rings. The van der Waals surface area contributed by atoms with Gasteiger partial charge >= 0.3 is 0 Å². The van der Waals surface area contributed by atoms with Crippen molar-refractivity contribution in [2.75, 3.05) is 13.7 Å². The number of ether oxygens (including phenoxy) is 1. The third-order valence-electron chi connectivity index (χ3n) is 6.09. The third-order valence-corrected chi connectivity index (χ3v) is 6.09. The van der Waals surface area contributed by atoms with Gasteiger partial charge in [-0.3, -0.25) is 4.99 Å². The van der Waals surface area contributed by atoms with Crippen LogP contribution in [0.2, 0.25) is 0 Å². The van der Waals surface area contributed by atoms with E-state index in [0.29, 0.717) is 18.2 Å². The van der Waals surface area contributed by atoms with Crippen molar-refractivity contribution < 1.29 is 4.74 Å². The van der Waals surface area contributed by atoms with Gasteiger partial charge in [-0.05, 0) is 19.3 Å². The van der Waals surface area contributed by atoms with Crippen LogP contribution in [0.3, 0.4) is 0 Å². The Labute approximate surface area is 186 Å². The predicted octanol–water partition coefficient (Wildman–Crippen LogP) is 2.92. The predicted molar refractivity (Wildman–Crippen MR) is 123 cm³/mol. The molecule has 0 aromatic carbocycles. The number of unbranched alkanes of at least 4 members (excludes halogenated alkanes) is 1. The molecule has 0 spiro atoms. The maximum absolute atomic E-state index is 6.06. The maximum atomic E-state index is 6.06. The summed E-state index contributed by atoms with van der Waals surface area (Å²) in [5, 5.41) is 11.8. The number of aromatic nitrogens is 3. The van der Waals surface area contributed by atoms with Gasteiger partial charge in [0.15, 0.2) is 11.8 Å². The molecule has 3 atom stereocenters. The van der Waals surface area contributed by atoms with Crippen molar-refractivity contribution in [3.8, 4) is 0 Å². The van der Waals surface area contributed by atoms with E-state index in [0.717, 1.165) is 62.9 Å². The van der Waals surface area contributed by atoms with Crippen molar-refractivity contribution in [3.63, 3.8) is 0 Å². The highest BCUT2D eigenvalue weighted by molar-refractivity contribution is 14.0.